The number of carbonyl (C=O) groups excluding carboxylic acids is 1. The van der Waals surface area contributed by atoms with Crippen LogP contribution in [0.25, 0.3) is 0 Å². The van der Waals surface area contributed by atoms with E-state index in [1.54, 1.807) is 0 Å². The van der Waals surface area contributed by atoms with Gasteiger partial charge in [-0.05, 0) is 39.3 Å². The average molecular weight is 291 g/mol. The number of morpholine rings is 1. The van der Waals surface area contributed by atoms with Crippen molar-refractivity contribution in [3.05, 3.63) is 29.8 Å². The van der Waals surface area contributed by atoms with E-state index in [0.717, 1.165) is 5.75 Å². The summed E-state index contributed by atoms with van der Waals surface area (Å²) in [5, 5.41) is 0. The van der Waals surface area contributed by atoms with Crippen LogP contribution in [0, 0.1) is 6.92 Å². The third-order valence-corrected chi connectivity index (χ3v) is 3.68. The molecule has 0 aliphatic carbocycles. The van der Waals surface area contributed by atoms with Crippen LogP contribution in [0.1, 0.15) is 32.8 Å². The number of amides is 1. The highest BCUT2D eigenvalue weighted by atomic mass is 16.5. The summed E-state index contributed by atoms with van der Waals surface area (Å²) in [5.74, 6) is 0.801. The van der Waals surface area contributed by atoms with Gasteiger partial charge in [0.25, 0.3) is 5.91 Å². The molecule has 0 radical (unpaired) electrons. The maximum Gasteiger partial charge on any atom is 0.263 e. The quantitative estimate of drug-likeness (QED) is 0.856. The molecular weight excluding hydrogens is 266 g/mol. The molecule has 1 aliphatic heterocycles. The summed E-state index contributed by atoms with van der Waals surface area (Å²) in [6.45, 7) is 9.27. The summed E-state index contributed by atoms with van der Waals surface area (Å²) >= 11 is 0. The van der Waals surface area contributed by atoms with Gasteiger partial charge >= 0.3 is 0 Å². The molecule has 0 unspecified atom stereocenters. The fraction of sp³-hybridized carbons (Fsp3) is 0.588. The zero-order valence-electron chi connectivity index (χ0n) is 13.3. The molecule has 1 fully saturated rings. The average Bonchev–Trinajstić information content (AvgIpc) is 2.45. The summed E-state index contributed by atoms with van der Waals surface area (Å²) in [4.78, 5) is 14.5. The monoisotopic (exact) mass is 291 g/mol. The van der Waals surface area contributed by atoms with E-state index >= 15 is 0 Å². The molecule has 2 rings (SSSR count). The lowest BCUT2D eigenvalue weighted by atomic mass is 10.1. The zero-order chi connectivity index (χ0) is 15.4. The summed E-state index contributed by atoms with van der Waals surface area (Å²) in [6.07, 6.45) is 0.390. The first-order chi connectivity index (χ1) is 9.99. The van der Waals surface area contributed by atoms with Gasteiger partial charge in [-0.25, -0.2) is 0 Å². The van der Waals surface area contributed by atoms with E-state index < -0.39 is 6.10 Å². The molecule has 1 aromatic rings. The largest absolute Gasteiger partial charge is 0.481 e. The minimum atomic E-state index is -0.426. The number of benzene rings is 1. The Kier molecular flexibility index (Phi) is 5.23. The highest BCUT2D eigenvalue weighted by molar-refractivity contribution is 5.81. The molecular formula is C17H25NO3. The third-order valence-electron chi connectivity index (χ3n) is 3.68. The Bertz CT molecular complexity index is 461. The van der Waals surface area contributed by atoms with E-state index in [0.29, 0.717) is 19.5 Å². The first-order valence-electron chi connectivity index (χ1n) is 7.67. The van der Waals surface area contributed by atoms with E-state index in [1.807, 2.05) is 56.9 Å². The van der Waals surface area contributed by atoms with Gasteiger partial charge in [0.15, 0.2) is 6.10 Å². The topological polar surface area (TPSA) is 38.8 Å². The molecule has 116 valence electrons. The molecule has 1 saturated heterocycles. The Morgan fingerprint density at radius 1 is 1.29 bits per heavy atom. The van der Waals surface area contributed by atoms with Crippen molar-refractivity contribution in [1.82, 2.24) is 4.90 Å². The fourth-order valence-electron chi connectivity index (χ4n) is 2.65. The molecule has 0 spiro atoms. The number of aryl methyl sites for hydroxylation is 1. The van der Waals surface area contributed by atoms with Crippen molar-refractivity contribution in [1.29, 1.82) is 0 Å². The number of hydrogen-bond donors (Lipinski definition) is 0. The molecule has 3 atom stereocenters. The molecule has 4 nitrogen and oxygen atoms in total. The predicted octanol–water partition coefficient (Wildman–Crippen LogP) is 2.79. The van der Waals surface area contributed by atoms with Crippen LogP contribution in [0.5, 0.6) is 5.75 Å². The van der Waals surface area contributed by atoms with Gasteiger partial charge in [0.05, 0.1) is 12.2 Å². The Labute approximate surface area is 127 Å². The van der Waals surface area contributed by atoms with Gasteiger partial charge in [-0.2, -0.15) is 0 Å². The highest BCUT2D eigenvalue weighted by Crippen LogP contribution is 2.18. The molecule has 1 aromatic carbocycles. The van der Waals surface area contributed by atoms with Crippen molar-refractivity contribution >= 4 is 5.91 Å². The first kappa shape index (κ1) is 15.8. The highest BCUT2D eigenvalue weighted by Gasteiger charge is 2.30. The number of ether oxygens (including phenoxy) is 2. The second-order valence-corrected chi connectivity index (χ2v) is 5.83. The number of hydrogen-bond acceptors (Lipinski definition) is 3. The number of carbonyl (C=O) groups is 1. The van der Waals surface area contributed by atoms with Crippen molar-refractivity contribution in [2.75, 3.05) is 13.1 Å². The SMILES string of the molecule is CC[C@@H](Oc1ccc(C)cc1)C(=O)N1C[C@H](C)O[C@@H](C)C1. The van der Waals surface area contributed by atoms with Crippen molar-refractivity contribution in [3.8, 4) is 5.75 Å². The van der Waals surface area contributed by atoms with Gasteiger partial charge in [0, 0.05) is 13.1 Å². The van der Waals surface area contributed by atoms with Gasteiger partial charge in [-0.1, -0.05) is 24.6 Å². The zero-order valence-corrected chi connectivity index (χ0v) is 13.3. The van der Waals surface area contributed by atoms with E-state index in [4.69, 9.17) is 9.47 Å². The lowest BCUT2D eigenvalue weighted by Crippen LogP contribution is -2.52. The summed E-state index contributed by atoms with van der Waals surface area (Å²) in [7, 11) is 0. The minimum absolute atomic E-state index is 0.0556. The van der Waals surface area contributed by atoms with Crippen LogP contribution in [0.15, 0.2) is 24.3 Å². The molecule has 1 amide bonds. The van der Waals surface area contributed by atoms with Crippen LogP contribution in [0.3, 0.4) is 0 Å². The maximum atomic E-state index is 12.6. The van der Waals surface area contributed by atoms with Crippen LogP contribution in [0.2, 0.25) is 0 Å². The van der Waals surface area contributed by atoms with Gasteiger partial charge in [-0.15, -0.1) is 0 Å². The number of rotatable bonds is 4. The minimum Gasteiger partial charge on any atom is -0.481 e. The molecule has 21 heavy (non-hydrogen) atoms. The van der Waals surface area contributed by atoms with Crippen LogP contribution >= 0.6 is 0 Å². The summed E-state index contributed by atoms with van der Waals surface area (Å²) in [5.41, 5.74) is 1.18. The Morgan fingerprint density at radius 2 is 1.86 bits per heavy atom. The van der Waals surface area contributed by atoms with E-state index in [9.17, 15) is 4.79 Å². The van der Waals surface area contributed by atoms with Gasteiger partial charge in [0.1, 0.15) is 5.75 Å². The van der Waals surface area contributed by atoms with Crippen LogP contribution in [0.4, 0.5) is 0 Å². The van der Waals surface area contributed by atoms with Crippen LogP contribution < -0.4 is 4.74 Å². The van der Waals surface area contributed by atoms with E-state index in [1.165, 1.54) is 5.56 Å². The van der Waals surface area contributed by atoms with Gasteiger partial charge in [0.2, 0.25) is 0 Å². The molecule has 1 aliphatic rings. The smallest absolute Gasteiger partial charge is 0.263 e. The lowest BCUT2D eigenvalue weighted by Gasteiger charge is -2.36. The predicted molar refractivity (Wildman–Crippen MR) is 82.5 cm³/mol. The Morgan fingerprint density at radius 3 is 2.38 bits per heavy atom. The van der Waals surface area contributed by atoms with Crippen molar-refractivity contribution < 1.29 is 14.3 Å². The summed E-state index contributed by atoms with van der Waals surface area (Å²) in [6, 6.07) is 7.81. The standard InChI is InChI=1S/C17H25NO3/c1-5-16(21-15-8-6-12(2)7-9-15)17(19)18-10-13(3)20-14(4)11-18/h6-9,13-14,16H,5,10-11H2,1-4H3/t13-,14-,16+/m0/s1. The maximum absolute atomic E-state index is 12.6. The molecule has 0 N–H and O–H groups in total. The summed E-state index contributed by atoms with van der Waals surface area (Å²) < 4.78 is 11.5. The first-order valence-corrected chi connectivity index (χ1v) is 7.67. The second kappa shape index (κ2) is 6.94. The van der Waals surface area contributed by atoms with Gasteiger partial charge < -0.3 is 14.4 Å². The molecule has 1 heterocycles. The van der Waals surface area contributed by atoms with E-state index in [2.05, 4.69) is 0 Å². The molecule has 0 aromatic heterocycles. The Hall–Kier alpha value is -1.55. The molecule has 0 bridgehead atoms. The second-order valence-electron chi connectivity index (χ2n) is 5.83. The number of nitrogens with zero attached hydrogens (tertiary/aromatic N) is 1. The lowest BCUT2D eigenvalue weighted by molar-refractivity contribution is -0.150. The van der Waals surface area contributed by atoms with Crippen molar-refractivity contribution in [3.63, 3.8) is 0 Å². The van der Waals surface area contributed by atoms with Crippen LogP contribution in [-0.4, -0.2) is 42.2 Å². The Balaban J connectivity index is 2.02. The van der Waals surface area contributed by atoms with Gasteiger partial charge in [-0.3, -0.25) is 4.79 Å². The molecule has 0 saturated carbocycles. The van der Waals surface area contributed by atoms with Crippen molar-refractivity contribution in [2.45, 2.75) is 52.4 Å². The van der Waals surface area contributed by atoms with Crippen LogP contribution in [-0.2, 0) is 9.53 Å². The third kappa shape index (κ3) is 4.21. The normalized spacial score (nSPS) is 23.7. The molecule has 4 heteroatoms. The van der Waals surface area contributed by atoms with Crippen molar-refractivity contribution in [2.24, 2.45) is 0 Å². The van der Waals surface area contributed by atoms with E-state index in [-0.39, 0.29) is 18.1 Å². The fourth-order valence-corrected chi connectivity index (χ4v) is 2.65.